The van der Waals surface area contributed by atoms with Crippen molar-refractivity contribution in [3.05, 3.63) is 57.6 Å². The fourth-order valence-electron chi connectivity index (χ4n) is 4.17. The van der Waals surface area contributed by atoms with Gasteiger partial charge in [-0.1, -0.05) is 12.1 Å². The number of benzene rings is 1. The number of fused-ring (bicyclic) bond motifs is 3. The van der Waals surface area contributed by atoms with E-state index in [1.165, 1.54) is 15.7 Å². The molecule has 162 valence electrons. The van der Waals surface area contributed by atoms with Crippen LogP contribution in [0.3, 0.4) is 0 Å². The summed E-state index contributed by atoms with van der Waals surface area (Å²) in [5.41, 5.74) is 1.44. The summed E-state index contributed by atoms with van der Waals surface area (Å²) in [4.78, 5) is 22.0. The normalized spacial score (nSPS) is 19.1. The van der Waals surface area contributed by atoms with Gasteiger partial charge < -0.3 is 9.47 Å². The first-order valence-corrected chi connectivity index (χ1v) is 11.1. The van der Waals surface area contributed by atoms with Gasteiger partial charge in [-0.05, 0) is 44.2 Å². The maximum absolute atomic E-state index is 13.2. The number of hydrogen-bond acceptors (Lipinski definition) is 7. The van der Waals surface area contributed by atoms with Crippen LogP contribution in [0, 0.1) is 0 Å². The molecule has 0 aliphatic carbocycles. The minimum atomic E-state index is -0.185. The van der Waals surface area contributed by atoms with E-state index in [4.69, 9.17) is 9.47 Å². The molecule has 4 heterocycles. The zero-order chi connectivity index (χ0) is 21.5. The summed E-state index contributed by atoms with van der Waals surface area (Å²) < 4.78 is 14.2. The van der Waals surface area contributed by atoms with Crippen molar-refractivity contribution >= 4 is 27.2 Å². The van der Waals surface area contributed by atoms with Crippen molar-refractivity contribution in [1.29, 1.82) is 0 Å². The Balaban J connectivity index is 1.53. The fourth-order valence-corrected chi connectivity index (χ4v) is 5.37. The second-order valence-electron chi connectivity index (χ2n) is 8.09. The lowest BCUT2D eigenvalue weighted by Gasteiger charge is -2.21. The van der Waals surface area contributed by atoms with E-state index in [-0.39, 0.29) is 5.69 Å². The molecule has 5 rings (SSSR count). The topological polar surface area (TPSA) is 73.9 Å². The van der Waals surface area contributed by atoms with Crippen LogP contribution in [-0.4, -0.2) is 57.0 Å². The Morgan fingerprint density at radius 3 is 2.84 bits per heavy atom. The Morgan fingerprint density at radius 2 is 2.13 bits per heavy atom. The molecule has 4 aromatic rings. The average molecular weight is 440 g/mol. The summed E-state index contributed by atoms with van der Waals surface area (Å²) in [6.45, 7) is 4.14. The molecule has 1 fully saturated rings. The zero-order valence-electron chi connectivity index (χ0n) is 17.8. The second kappa shape index (κ2) is 8.07. The predicted octanol–water partition coefficient (Wildman–Crippen LogP) is 2.77. The number of rotatable bonds is 6. The third-order valence-electron chi connectivity index (χ3n) is 5.91. The highest BCUT2D eigenvalue weighted by molar-refractivity contribution is 7.18. The van der Waals surface area contributed by atoms with Gasteiger partial charge in [0.25, 0.3) is 0 Å². The van der Waals surface area contributed by atoms with E-state index in [1.54, 1.807) is 23.0 Å². The largest absolute Gasteiger partial charge is 0.497 e. The monoisotopic (exact) mass is 439 g/mol. The number of ether oxygens (including phenoxy) is 2. The van der Waals surface area contributed by atoms with Crippen molar-refractivity contribution < 1.29 is 9.47 Å². The van der Waals surface area contributed by atoms with Crippen molar-refractivity contribution in [2.24, 2.45) is 0 Å². The first-order valence-electron chi connectivity index (χ1n) is 10.3. The van der Waals surface area contributed by atoms with Crippen LogP contribution < -0.4 is 10.4 Å². The summed E-state index contributed by atoms with van der Waals surface area (Å²) in [6, 6.07) is 10.3. The van der Waals surface area contributed by atoms with Gasteiger partial charge in [0.15, 0.2) is 5.65 Å². The zero-order valence-corrected chi connectivity index (χ0v) is 18.6. The minimum absolute atomic E-state index is 0.185. The van der Waals surface area contributed by atoms with Gasteiger partial charge in [-0.3, -0.25) is 9.47 Å². The third-order valence-corrected chi connectivity index (χ3v) is 7.06. The van der Waals surface area contributed by atoms with Gasteiger partial charge in [-0.2, -0.15) is 9.61 Å². The average Bonchev–Trinajstić information content (AvgIpc) is 3.50. The van der Waals surface area contributed by atoms with E-state index in [2.05, 4.69) is 35.0 Å². The van der Waals surface area contributed by atoms with E-state index in [9.17, 15) is 4.79 Å². The molecule has 9 heteroatoms. The molecule has 0 spiro atoms. The maximum Gasteiger partial charge on any atom is 0.352 e. The molecule has 8 nitrogen and oxygen atoms in total. The van der Waals surface area contributed by atoms with Crippen molar-refractivity contribution in [1.82, 2.24) is 24.1 Å². The van der Waals surface area contributed by atoms with Gasteiger partial charge in [-0.25, -0.2) is 9.78 Å². The Hall–Kier alpha value is -2.75. The number of methoxy groups -OCH3 is 1. The molecule has 2 atom stereocenters. The molecule has 3 aromatic heterocycles. The summed E-state index contributed by atoms with van der Waals surface area (Å²) in [5, 5.41) is 5.12. The predicted molar refractivity (Wildman–Crippen MR) is 120 cm³/mol. The van der Waals surface area contributed by atoms with Crippen molar-refractivity contribution in [3.8, 4) is 5.75 Å². The first-order chi connectivity index (χ1) is 15.0. The summed E-state index contributed by atoms with van der Waals surface area (Å²) >= 11 is 1.65. The number of thiophene rings is 1. The third kappa shape index (κ3) is 3.73. The van der Waals surface area contributed by atoms with Crippen molar-refractivity contribution in [2.75, 3.05) is 20.8 Å². The van der Waals surface area contributed by atoms with Crippen LogP contribution in [-0.2, 0) is 17.8 Å². The molecular weight excluding hydrogens is 414 g/mol. The van der Waals surface area contributed by atoms with E-state index in [0.717, 1.165) is 41.1 Å². The Morgan fingerprint density at radius 1 is 1.32 bits per heavy atom. The molecule has 1 aliphatic rings. The van der Waals surface area contributed by atoms with Gasteiger partial charge in [0.1, 0.15) is 16.9 Å². The highest BCUT2D eigenvalue weighted by atomic mass is 32.1. The standard InChI is InChI=1S/C22H25N5O3S/c1-14-8-16(12-30-14)25(2)11-18-9-19-20-23-13-24-27(20)22(28)26(21(19)31-18)10-15-4-6-17(29-3)7-5-15/h4-7,9,13-14,16H,8,10-12H2,1-3H3. The summed E-state index contributed by atoms with van der Waals surface area (Å²) in [5.74, 6) is 0.791. The molecule has 2 unspecified atom stereocenters. The number of aromatic nitrogens is 4. The molecule has 31 heavy (non-hydrogen) atoms. The van der Waals surface area contributed by atoms with Crippen LogP contribution in [0.4, 0.5) is 0 Å². The Labute approximate surface area is 183 Å². The maximum atomic E-state index is 13.2. The lowest BCUT2D eigenvalue weighted by Crippen LogP contribution is -2.31. The molecule has 0 amide bonds. The van der Waals surface area contributed by atoms with Crippen molar-refractivity contribution in [2.45, 2.75) is 38.6 Å². The second-order valence-corrected chi connectivity index (χ2v) is 9.21. The Kier molecular flexibility index (Phi) is 5.25. The van der Waals surface area contributed by atoms with E-state index < -0.39 is 0 Å². The van der Waals surface area contributed by atoms with Gasteiger partial charge in [0.2, 0.25) is 0 Å². The molecular formula is C22H25N5O3S. The molecule has 1 saturated heterocycles. The van der Waals surface area contributed by atoms with Gasteiger partial charge in [0.05, 0.1) is 31.8 Å². The molecule has 0 N–H and O–H groups in total. The van der Waals surface area contributed by atoms with Gasteiger partial charge in [0, 0.05) is 17.5 Å². The van der Waals surface area contributed by atoms with Crippen LogP contribution in [0.15, 0.2) is 41.5 Å². The minimum Gasteiger partial charge on any atom is -0.497 e. The quantitative estimate of drug-likeness (QED) is 0.460. The lowest BCUT2D eigenvalue weighted by atomic mass is 10.1. The van der Waals surface area contributed by atoms with Crippen LogP contribution in [0.2, 0.25) is 0 Å². The summed E-state index contributed by atoms with van der Waals surface area (Å²) in [7, 11) is 3.78. The number of hydrogen-bond donors (Lipinski definition) is 0. The van der Waals surface area contributed by atoms with E-state index in [0.29, 0.717) is 24.3 Å². The van der Waals surface area contributed by atoms with Crippen molar-refractivity contribution in [3.63, 3.8) is 0 Å². The van der Waals surface area contributed by atoms with Gasteiger partial charge >= 0.3 is 5.69 Å². The highest BCUT2D eigenvalue weighted by Gasteiger charge is 2.26. The molecule has 0 radical (unpaired) electrons. The SMILES string of the molecule is COc1ccc(Cn2c(=O)n3ncnc3c3cc(CN(C)C4COC(C)C4)sc32)cc1. The van der Waals surface area contributed by atoms with Gasteiger partial charge in [-0.15, -0.1) is 11.3 Å². The lowest BCUT2D eigenvalue weighted by molar-refractivity contribution is 0.111. The fraction of sp³-hybridized carbons (Fsp3) is 0.409. The number of nitrogens with zero attached hydrogens (tertiary/aromatic N) is 5. The first kappa shape index (κ1) is 20.2. The van der Waals surface area contributed by atoms with Crippen LogP contribution in [0.1, 0.15) is 23.8 Å². The van der Waals surface area contributed by atoms with E-state index in [1.807, 2.05) is 24.3 Å². The molecule has 0 bridgehead atoms. The number of likely N-dealkylation sites (N-methyl/N-ethyl adjacent to an activating group) is 1. The van der Waals surface area contributed by atoms with E-state index >= 15 is 0 Å². The van der Waals surface area contributed by atoms with Crippen LogP contribution >= 0.6 is 11.3 Å². The van der Waals surface area contributed by atoms with Crippen LogP contribution in [0.25, 0.3) is 15.9 Å². The summed E-state index contributed by atoms with van der Waals surface area (Å²) in [6.07, 6.45) is 2.78. The van der Waals surface area contributed by atoms with Crippen LogP contribution in [0.5, 0.6) is 5.75 Å². The molecule has 0 saturated carbocycles. The Bertz CT molecular complexity index is 1280. The molecule has 1 aromatic carbocycles. The smallest absolute Gasteiger partial charge is 0.352 e. The highest BCUT2D eigenvalue weighted by Crippen LogP contribution is 2.30. The molecule has 1 aliphatic heterocycles.